The van der Waals surface area contributed by atoms with E-state index in [0.717, 1.165) is 12.0 Å². The fraction of sp³-hybridized carbons (Fsp3) is 0.562. The Morgan fingerprint density at radius 2 is 2.09 bits per heavy atom. The minimum absolute atomic E-state index is 0.00830. The third-order valence-electron chi connectivity index (χ3n) is 2.85. The van der Waals surface area contributed by atoms with Crippen LogP contribution in [-0.2, 0) is 11.3 Å². The first-order valence-corrected chi connectivity index (χ1v) is 7.69. The van der Waals surface area contributed by atoms with Crippen molar-refractivity contribution in [3.05, 3.63) is 34.6 Å². The average molecular weight is 331 g/mol. The Morgan fingerprint density at radius 1 is 1.41 bits per heavy atom. The number of ether oxygens (including phenoxy) is 1. The lowest BCUT2D eigenvalue weighted by Crippen LogP contribution is -2.38. The Bertz CT molecular complexity index is 503. The summed E-state index contributed by atoms with van der Waals surface area (Å²) in [6.07, 6.45) is 0.333. The number of hydrogen-bond donors (Lipinski definition) is 2. The van der Waals surface area contributed by atoms with E-state index < -0.39 is 11.7 Å². The molecule has 0 aliphatic rings. The molecule has 1 rings (SSSR count). The van der Waals surface area contributed by atoms with Crippen molar-refractivity contribution in [2.75, 3.05) is 6.54 Å². The maximum atomic E-state index is 12.9. The van der Waals surface area contributed by atoms with Gasteiger partial charge in [-0.15, -0.1) is 0 Å². The highest BCUT2D eigenvalue weighted by atomic mass is 35.5. The number of alkyl carbamates (subject to hydrolysis) is 1. The Kier molecular flexibility index (Phi) is 7.10. The molecular formula is C16H24ClFN2O2. The summed E-state index contributed by atoms with van der Waals surface area (Å²) in [6.45, 7) is 8.64. The normalized spacial score (nSPS) is 12.8. The largest absolute Gasteiger partial charge is 0.444 e. The summed E-state index contributed by atoms with van der Waals surface area (Å²) in [7, 11) is 0. The third-order valence-corrected chi connectivity index (χ3v) is 3.20. The van der Waals surface area contributed by atoms with Crippen LogP contribution < -0.4 is 10.6 Å². The Balaban J connectivity index is 2.25. The molecule has 1 unspecified atom stereocenters. The molecule has 124 valence electrons. The second-order valence-electron chi connectivity index (χ2n) is 6.25. The van der Waals surface area contributed by atoms with Crippen molar-refractivity contribution < 1.29 is 13.9 Å². The molecule has 22 heavy (non-hydrogen) atoms. The molecule has 1 aromatic carbocycles. The van der Waals surface area contributed by atoms with Crippen LogP contribution in [0.5, 0.6) is 0 Å². The van der Waals surface area contributed by atoms with Crippen LogP contribution in [-0.4, -0.2) is 24.3 Å². The van der Waals surface area contributed by atoms with Crippen LogP contribution in [0, 0.1) is 5.82 Å². The highest BCUT2D eigenvalue weighted by Gasteiger charge is 2.17. The lowest BCUT2D eigenvalue weighted by atomic mass is 10.2. The van der Waals surface area contributed by atoms with Gasteiger partial charge in [0.2, 0.25) is 0 Å². The molecule has 6 heteroatoms. The number of nitrogens with one attached hydrogen (secondary N) is 2. The molecule has 0 spiro atoms. The molecule has 1 atom stereocenters. The van der Waals surface area contributed by atoms with E-state index in [4.69, 9.17) is 16.3 Å². The number of amides is 1. The standard InChI is InChI=1S/C16H24ClFN2O2/c1-11(20-15(21)22-16(2,3)4)7-8-19-10-12-5-6-13(18)9-14(12)17/h5-6,9,11,19H,7-8,10H2,1-4H3,(H,20,21). The van der Waals surface area contributed by atoms with Crippen LogP contribution in [0.25, 0.3) is 0 Å². The van der Waals surface area contributed by atoms with Crippen LogP contribution in [0.15, 0.2) is 18.2 Å². The molecule has 0 saturated carbocycles. The Hall–Kier alpha value is -1.33. The summed E-state index contributed by atoms with van der Waals surface area (Å²) in [6, 6.07) is 4.33. The van der Waals surface area contributed by atoms with Gasteiger partial charge in [0, 0.05) is 17.6 Å². The zero-order chi connectivity index (χ0) is 16.8. The molecule has 0 radical (unpaired) electrons. The Labute approximate surface area is 136 Å². The lowest BCUT2D eigenvalue weighted by molar-refractivity contribution is 0.0506. The van der Waals surface area contributed by atoms with E-state index in [9.17, 15) is 9.18 Å². The maximum absolute atomic E-state index is 12.9. The van der Waals surface area contributed by atoms with Gasteiger partial charge in [0.05, 0.1) is 0 Å². The van der Waals surface area contributed by atoms with Gasteiger partial charge in [-0.3, -0.25) is 0 Å². The number of benzene rings is 1. The number of carbonyl (C=O) groups is 1. The number of hydrogen-bond acceptors (Lipinski definition) is 3. The Morgan fingerprint density at radius 3 is 2.68 bits per heavy atom. The predicted molar refractivity (Wildman–Crippen MR) is 86.6 cm³/mol. The summed E-state index contributed by atoms with van der Waals surface area (Å²) in [5, 5.41) is 6.40. The van der Waals surface area contributed by atoms with Crippen LogP contribution in [0.3, 0.4) is 0 Å². The fourth-order valence-electron chi connectivity index (χ4n) is 1.79. The SMILES string of the molecule is CC(CCNCc1ccc(F)cc1Cl)NC(=O)OC(C)(C)C. The molecular weight excluding hydrogens is 307 g/mol. The van der Waals surface area contributed by atoms with Crippen LogP contribution in [0.2, 0.25) is 5.02 Å². The zero-order valence-electron chi connectivity index (χ0n) is 13.5. The van der Waals surface area contributed by atoms with Crippen LogP contribution in [0.1, 0.15) is 39.7 Å². The number of carbonyl (C=O) groups excluding carboxylic acids is 1. The first-order chi connectivity index (χ1) is 10.2. The summed E-state index contributed by atoms with van der Waals surface area (Å²) < 4.78 is 18.1. The van der Waals surface area contributed by atoms with Crippen molar-refractivity contribution in [2.45, 2.75) is 52.3 Å². The number of halogens is 2. The molecule has 0 heterocycles. The van der Waals surface area contributed by atoms with Gasteiger partial charge in [-0.05, 0) is 58.4 Å². The second-order valence-corrected chi connectivity index (χ2v) is 6.66. The van der Waals surface area contributed by atoms with Gasteiger partial charge in [0.15, 0.2) is 0 Å². The van der Waals surface area contributed by atoms with Crippen molar-refractivity contribution in [1.29, 1.82) is 0 Å². The van der Waals surface area contributed by atoms with Crippen molar-refractivity contribution in [3.63, 3.8) is 0 Å². The summed E-state index contributed by atoms with van der Waals surface area (Å²) in [5.74, 6) is -0.344. The highest BCUT2D eigenvalue weighted by Crippen LogP contribution is 2.16. The van der Waals surface area contributed by atoms with Crippen molar-refractivity contribution in [2.24, 2.45) is 0 Å². The van der Waals surface area contributed by atoms with Gasteiger partial charge in [-0.1, -0.05) is 17.7 Å². The summed E-state index contributed by atoms with van der Waals surface area (Å²) in [4.78, 5) is 11.6. The third kappa shape index (κ3) is 7.61. The first-order valence-electron chi connectivity index (χ1n) is 7.31. The monoisotopic (exact) mass is 330 g/mol. The molecule has 0 fully saturated rings. The molecule has 0 aliphatic heterocycles. The van der Waals surface area contributed by atoms with E-state index in [1.807, 2.05) is 27.7 Å². The smallest absolute Gasteiger partial charge is 0.407 e. The highest BCUT2D eigenvalue weighted by molar-refractivity contribution is 6.31. The van der Waals surface area contributed by atoms with E-state index in [1.165, 1.54) is 12.1 Å². The van der Waals surface area contributed by atoms with E-state index in [-0.39, 0.29) is 11.9 Å². The van der Waals surface area contributed by atoms with E-state index in [1.54, 1.807) is 6.07 Å². The molecule has 1 aromatic rings. The molecule has 0 bridgehead atoms. The molecule has 0 saturated heterocycles. The average Bonchev–Trinajstić information content (AvgIpc) is 2.34. The number of rotatable bonds is 6. The molecule has 1 amide bonds. The molecule has 0 aliphatic carbocycles. The lowest BCUT2D eigenvalue weighted by Gasteiger charge is -2.22. The van der Waals surface area contributed by atoms with E-state index in [2.05, 4.69) is 10.6 Å². The molecule has 4 nitrogen and oxygen atoms in total. The van der Waals surface area contributed by atoms with E-state index >= 15 is 0 Å². The van der Waals surface area contributed by atoms with Gasteiger partial charge in [0.25, 0.3) is 0 Å². The van der Waals surface area contributed by atoms with Gasteiger partial charge < -0.3 is 15.4 Å². The van der Waals surface area contributed by atoms with E-state index in [0.29, 0.717) is 18.1 Å². The van der Waals surface area contributed by atoms with Gasteiger partial charge in [-0.25, -0.2) is 9.18 Å². The first kappa shape index (κ1) is 18.7. The minimum atomic E-state index is -0.499. The fourth-order valence-corrected chi connectivity index (χ4v) is 2.02. The van der Waals surface area contributed by atoms with Crippen LogP contribution >= 0.6 is 11.6 Å². The van der Waals surface area contributed by atoms with Gasteiger partial charge in [0.1, 0.15) is 11.4 Å². The van der Waals surface area contributed by atoms with Gasteiger partial charge >= 0.3 is 6.09 Å². The minimum Gasteiger partial charge on any atom is -0.444 e. The zero-order valence-corrected chi connectivity index (χ0v) is 14.3. The van der Waals surface area contributed by atoms with Crippen molar-refractivity contribution >= 4 is 17.7 Å². The quantitative estimate of drug-likeness (QED) is 0.778. The van der Waals surface area contributed by atoms with Crippen molar-refractivity contribution in [1.82, 2.24) is 10.6 Å². The molecule has 2 N–H and O–H groups in total. The topological polar surface area (TPSA) is 50.4 Å². The maximum Gasteiger partial charge on any atom is 0.407 e. The summed E-state index contributed by atoms with van der Waals surface area (Å²) in [5.41, 5.74) is 0.345. The van der Waals surface area contributed by atoms with Gasteiger partial charge in [-0.2, -0.15) is 0 Å². The molecule has 0 aromatic heterocycles. The van der Waals surface area contributed by atoms with Crippen LogP contribution in [0.4, 0.5) is 9.18 Å². The van der Waals surface area contributed by atoms with Crippen molar-refractivity contribution in [3.8, 4) is 0 Å². The predicted octanol–water partition coefficient (Wildman–Crippen LogP) is 3.87. The second kappa shape index (κ2) is 8.34. The summed E-state index contributed by atoms with van der Waals surface area (Å²) >= 11 is 5.95.